The maximum absolute atomic E-state index is 10.2. The van der Waals surface area contributed by atoms with Crippen molar-refractivity contribution < 1.29 is 5.11 Å². The fourth-order valence-electron chi connectivity index (χ4n) is 2.74. The van der Waals surface area contributed by atoms with Crippen LogP contribution < -0.4 is 5.73 Å². The van der Waals surface area contributed by atoms with Crippen molar-refractivity contribution in [1.82, 2.24) is 0 Å². The molecule has 1 aliphatic carbocycles. The molecule has 3 N–H and O–H groups in total. The van der Waals surface area contributed by atoms with E-state index in [4.69, 9.17) is 5.73 Å². The van der Waals surface area contributed by atoms with Crippen molar-refractivity contribution >= 4 is 15.9 Å². The van der Waals surface area contributed by atoms with Crippen molar-refractivity contribution in [3.8, 4) is 5.75 Å². The summed E-state index contributed by atoms with van der Waals surface area (Å²) in [6.45, 7) is 1.92. The van der Waals surface area contributed by atoms with Crippen LogP contribution in [0.3, 0.4) is 0 Å². The van der Waals surface area contributed by atoms with Gasteiger partial charge in [0.25, 0.3) is 0 Å². The largest absolute Gasteiger partial charge is 0.507 e. The Hall–Kier alpha value is -0.540. The molecule has 0 heterocycles. The van der Waals surface area contributed by atoms with E-state index in [1.54, 1.807) is 0 Å². The first kappa shape index (κ1) is 12.9. The molecule has 1 aromatic rings. The number of aromatic hydroxyl groups is 1. The van der Waals surface area contributed by atoms with Crippen molar-refractivity contribution in [2.45, 2.75) is 45.1 Å². The quantitative estimate of drug-likeness (QED) is 0.865. The van der Waals surface area contributed by atoms with Crippen LogP contribution >= 0.6 is 15.9 Å². The van der Waals surface area contributed by atoms with Crippen molar-refractivity contribution in [1.29, 1.82) is 0 Å². The Kier molecular flexibility index (Phi) is 4.10. The number of aryl methyl sites for hydroxylation is 1. The fraction of sp³-hybridized carbons (Fsp3) is 0.571. The van der Waals surface area contributed by atoms with E-state index in [2.05, 4.69) is 15.9 Å². The number of halogens is 1. The molecule has 0 aromatic heterocycles. The lowest BCUT2D eigenvalue weighted by atomic mass is 9.81. The molecule has 2 rings (SSSR count). The van der Waals surface area contributed by atoms with Gasteiger partial charge in [-0.15, -0.1) is 0 Å². The molecule has 1 atom stereocenters. The second-order valence-electron chi connectivity index (χ2n) is 5.05. The van der Waals surface area contributed by atoms with Crippen LogP contribution in [-0.2, 0) is 0 Å². The highest BCUT2D eigenvalue weighted by Gasteiger charge is 2.26. The average molecular weight is 298 g/mol. The Balaban J connectivity index is 2.29. The van der Waals surface area contributed by atoms with Gasteiger partial charge >= 0.3 is 0 Å². The van der Waals surface area contributed by atoms with E-state index in [1.807, 2.05) is 19.1 Å². The highest BCUT2D eigenvalue weighted by Crippen LogP contribution is 2.40. The summed E-state index contributed by atoms with van der Waals surface area (Å²) in [5, 5.41) is 10.2. The third-order valence-corrected chi connectivity index (χ3v) is 4.55. The van der Waals surface area contributed by atoms with Crippen LogP contribution in [0.25, 0.3) is 0 Å². The van der Waals surface area contributed by atoms with Gasteiger partial charge in [0.05, 0.1) is 0 Å². The summed E-state index contributed by atoms with van der Waals surface area (Å²) in [7, 11) is 0. The van der Waals surface area contributed by atoms with Gasteiger partial charge in [-0.3, -0.25) is 0 Å². The number of nitrogens with two attached hydrogens (primary N) is 1. The summed E-state index contributed by atoms with van der Waals surface area (Å²) in [6.07, 6.45) is 6.22. The minimum absolute atomic E-state index is 0.0513. The monoisotopic (exact) mass is 297 g/mol. The Labute approximate surface area is 111 Å². The van der Waals surface area contributed by atoms with Crippen LogP contribution in [-0.4, -0.2) is 5.11 Å². The first-order valence-electron chi connectivity index (χ1n) is 6.35. The van der Waals surface area contributed by atoms with Gasteiger partial charge in [-0.1, -0.05) is 41.3 Å². The zero-order valence-corrected chi connectivity index (χ0v) is 11.8. The van der Waals surface area contributed by atoms with E-state index >= 15 is 0 Å². The summed E-state index contributed by atoms with van der Waals surface area (Å²) in [4.78, 5) is 0. The number of phenolic OH excluding ortho intramolecular Hbond substituents is 1. The molecule has 2 nitrogen and oxygen atoms in total. The Morgan fingerprint density at radius 3 is 2.59 bits per heavy atom. The van der Waals surface area contributed by atoms with E-state index in [0.29, 0.717) is 11.7 Å². The number of rotatable bonds is 2. The van der Waals surface area contributed by atoms with Gasteiger partial charge in [-0.25, -0.2) is 0 Å². The molecule has 0 unspecified atom stereocenters. The van der Waals surface area contributed by atoms with Crippen molar-refractivity contribution in [3.63, 3.8) is 0 Å². The molecule has 0 saturated heterocycles. The lowest BCUT2D eigenvalue weighted by Crippen LogP contribution is -2.24. The Morgan fingerprint density at radius 2 is 1.94 bits per heavy atom. The first-order valence-corrected chi connectivity index (χ1v) is 7.14. The fourth-order valence-corrected chi connectivity index (χ4v) is 3.32. The number of phenols is 1. The normalized spacial score (nSPS) is 19.2. The second kappa shape index (κ2) is 5.40. The van der Waals surface area contributed by atoms with Crippen molar-refractivity contribution in [3.05, 3.63) is 27.7 Å². The van der Waals surface area contributed by atoms with Gasteiger partial charge in [0.15, 0.2) is 0 Å². The highest BCUT2D eigenvalue weighted by molar-refractivity contribution is 9.10. The van der Waals surface area contributed by atoms with Crippen molar-refractivity contribution in [2.24, 2.45) is 11.7 Å². The topological polar surface area (TPSA) is 46.2 Å². The van der Waals surface area contributed by atoms with Gasteiger partial charge < -0.3 is 10.8 Å². The standard InChI is InChI=1S/C14H20BrNO/c1-9-7-8-11(15)12(14(9)17)13(16)10-5-3-2-4-6-10/h7-8,10,13,17H,2-6,16H2,1H3/t13-/m0/s1. The van der Waals surface area contributed by atoms with Gasteiger partial charge in [0.1, 0.15) is 5.75 Å². The van der Waals surface area contributed by atoms with Crippen LogP contribution in [0, 0.1) is 12.8 Å². The molecule has 3 heteroatoms. The van der Waals surface area contributed by atoms with E-state index < -0.39 is 0 Å². The number of hydrogen-bond donors (Lipinski definition) is 2. The van der Waals surface area contributed by atoms with Gasteiger partial charge in [-0.2, -0.15) is 0 Å². The molecule has 1 saturated carbocycles. The molecule has 1 aliphatic rings. The molecular formula is C14H20BrNO. The lowest BCUT2D eigenvalue weighted by Gasteiger charge is -2.29. The van der Waals surface area contributed by atoms with Crippen LogP contribution in [0.2, 0.25) is 0 Å². The summed E-state index contributed by atoms with van der Waals surface area (Å²) in [5.74, 6) is 0.866. The molecule has 0 spiro atoms. The Bertz CT molecular complexity index is 399. The molecule has 0 bridgehead atoms. The predicted molar refractivity (Wildman–Crippen MR) is 74.0 cm³/mol. The van der Waals surface area contributed by atoms with Crippen LogP contribution in [0.5, 0.6) is 5.75 Å². The molecule has 94 valence electrons. The Morgan fingerprint density at radius 1 is 1.29 bits per heavy atom. The van der Waals surface area contributed by atoms with E-state index in [-0.39, 0.29) is 6.04 Å². The highest BCUT2D eigenvalue weighted by atomic mass is 79.9. The van der Waals surface area contributed by atoms with E-state index in [0.717, 1.165) is 15.6 Å². The molecule has 1 fully saturated rings. The summed E-state index contributed by atoms with van der Waals surface area (Å²) >= 11 is 3.51. The van der Waals surface area contributed by atoms with E-state index in [9.17, 15) is 5.11 Å². The summed E-state index contributed by atoms with van der Waals surface area (Å²) in [6, 6.07) is 3.84. The number of benzene rings is 1. The smallest absolute Gasteiger partial charge is 0.124 e. The maximum Gasteiger partial charge on any atom is 0.124 e. The minimum atomic E-state index is -0.0513. The van der Waals surface area contributed by atoms with Crippen LogP contribution in [0.4, 0.5) is 0 Å². The van der Waals surface area contributed by atoms with E-state index in [1.165, 1.54) is 32.1 Å². The maximum atomic E-state index is 10.2. The number of hydrogen-bond acceptors (Lipinski definition) is 2. The van der Waals surface area contributed by atoms with Crippen molar-refractivity contribution in [2.75, 3.05) is 0 Å². The third kappa shape index (κ3) is 2.66. The van der Waals surface area contributed by atoms with Gasteiger partial charge in [0.2, 0.25) is 0 Å². The van der Waals surface area contributed by atoms with Crippen LogP contribution in [0.15, 0.2) is 16.6 Å². The average Bonchev–Trinajstić information content (AvgIpc) is 2.35. The summed E-state index contributed by atoms with van der Waals surface area (Å²) in [5.41, 5.74) is 8.13. The molecule has 17 heavy (non-hydrogen) atoms. The zero-order chi connectivity index (χ0) is 12.4. The predicted octanol–water partition coefficient (Wildman–Crippen LogP) is 4.04. The second-order valence-corrected chi connectivity index (χ2v) is 5.90. The zero-order valence-electron chi connectivity index (χ0n) is 10.2. The molecular weight excluding hydrogens is 278 g/mol. The van der Waals surface area contributed by atoms with Crippen LogP contribution in [0.1, 0.15) is 49.3 Å². The van der Waals surface area contributed by atoms with Gasteiger partial charge in [0, 0.05) is 16.1 Å². The molecule has 0 amide bonds. The van der Waals surface area contributed by atoms with Gasteiger partial charge in [-0.05, 0) is 37.3 Å². The summed E-state index contributed by atoms with van der Waals surface area (Å²) < 4.78 is 0.929. The molecule has 1 aromatic carbocycles. The lowest BCUT2D eigenvalue weighted by molar-refractivity contribution is 0.302. The minimum Gasteiger partial charge on any atom is -0.507 e. The SMILES string of the molecule is Cc1ccc(Br)c([C@@H](N)C2CCCCC2)c1O. The third-order valence-electron chi connectivity index (χ3n) is 3.86. The molecule has 0 aliphatic heterocycles. The molecule has 0 radical (unpaired) electrons. The first-order chi connectivity index (χ1) is 8.11.